The molecule has 0 atom stereocenters. The van der Waals surface area contributed by atoms with Crippen molar-refractivity contribution in [3.8, 4) is 5.75 Å². The van der Waals surface area contributed by atoms with Crippen molar-refractivity contribution in [2.75, 3.05) is 0 Å². The van der Waals surface area contributed by atoms with Gasteiger partial charge in [-0.05, 0) is 74.6 Å². The summed E-state index contributed by atoms with van der Waals surface area (Å²) in [6.45, 7) is 1.69. The zero-order valence-electron chi connectivity index (χ0n) is 14.6. The van der Waals surface area contributed by atoms with Crippen LogP contribution < -0.4 is 9.81 Å². The van der Waals surface area contributed by atoms with Crippen molar-refractivity contribution in [2.24, 2.45) is 0 Å². The standard InChI is InChI=1S/C20H17ClO5S/c1-12-18(26-27(23,24)14-8-6-13(21)7-9-14)11-10-16-15-4-2-3-5-17(15)20(22)25-19(12)16/h6-11H,2-5H2,1H3. The molecule has 1 aromatic heterocycles. The minimum absolute atomic E-state index is 0.00158. The second kappa shape index (κ2) is 6.69. The van der Waals surface area contributed by atoms with Crippen LogP contribution in [-0.4, -0.2) is 8.42 Å². The molecule has 0 unspecified atom stereocenters. The maximum Gasteiger partial charge on any atom is 0.339 e. The highest BCUT2D eigenvalue weighted by Crippen LogP contribution is 2.33. The summed E-state index contributed by atoms with van der Waals surface area (Å²) in [5.41, 5.74) is 2.25. The molecule has 140 valence electrons. The molecule has 0 spiro atoms. The smallest absolute Gasteiger partial charge is 0.339 e. The molecule has 0 radical (unpaired) electrons. The fourth-order valence-corrected chi connectivity index (χ4v) is 4.59. The monoisotopic (exact) mass is 404 g/mol. The predicted octanol–water partition coefficient (Wildman–Crippen LogP) is 4.40. The average Bonchev–Trinajstić information content (AvgIpc) is 2.65. The summed E-state index contributed by atoms with van der Waals surface area (Å²) < 4.78 is 35.9. The second-order valence-corrected chi connectivity index (χ2v) is 8.59. The molecule has 7 heteroatoms. The van der Waals surface area contributed by atoms with Crippen molar-refractivity contribution < 1.29 is 17.0 Å². The molecule has 2 aromatic carbocycles. The van der Waals surface area contributed by atoms with Crippen LogP contribution in [0, 0.1) is 6.92 Å². The molecule has 0 amide bonds. The number of aryl methyl sites for hydroxylation is 2. The summed E-state index contributed by atoms with van der Waals surface area (Å²) in [5.74, 6) is 0.136. The van der Waals surface area contributed by atoms with Gasteiger partial charge in [0.2, 0.25) is 0 Å². The number of hydrogen-bond acceptors (Lipinski definition) is 5. The second-order valence-electron chi connectivity index (χ2n) is 6.61. The molecule has 0 aliphatic heterocycles. The highest BCUT2D eigenvalue weighted by molar-refractivity contribution is 7.87. The van der Waals surface area contributed by atoms with Gasteiger partial charge in [0.1, 0.15) is 16.2 Å². The van der Waals surface area contributed by atoms with Crippen LogP contribution in [0.15, 0.2) is 50.5 Å². The average molecular weight is 405 g/mol. The maximum atomic E-state index is 12.5. The number of fused-ring (bicyclic) bond motifs is 3. The largest absolute Gasteiger partial charge is 0.422 e. The third kappa shape index (κ3) is 3.24. The van der Waals surface area contributed by atoms with E-state index in [2.05, 4.69) is 0 Å². The molecule has 0 N–H and O–H groups in total. The number of benzene rings is 2. The highest BCUT2D eigenvalue weighted by atomic mass is 35.5. The van der Waals surface area contributed by atoms with E-state index in [4.69, 9.17) is 20.2 Å². The van der Waals surface area contributed by atoms with Gasteiger partial charge in [-0.3, -0.25) is 0 Å². The third-order valence-electron chi connectivity index (χ3n) is 4.89. The van der Waals surface area contributed by atoms with Gasteiger partial charge in [-0.15, -0.1) is 0 Å². The Labute approximate surface area is 161 Å². The van der Waals surface area contributed by atoms with E-state index in [-0.39, 0.29) is 16.3 Å². The summed E-state index contributed by atoms with van der Waals surface area (Å²) in [5, 5.41) is 1.28. The van der Waals surface area contributed by atoms with Gasteiger partial charge in [0.15, 0.2) is 0 Å². The van der Waals surface area contributed by atoms with E-state index in [0.29, 0.717) is 16.2 Å². The van der Waals surface area contributed by atoms with Gasteiger partial charge in [-0.25, -0.2) is 4.79 Å². The zero-order chi connectivity index (χ0) is 19.2. The van der Waals surface area contributed by atoms with Gasteiger partial charge in [0.25, 0.3) is 0 Å². The van der Waals surface area contributed by atoms with Crippen LogP contribution >= 0.6 is 11.6 Å². The van der Waals surface area contributed by atoms with Crippen molar-refractivity contribution in [1.29, 1.82) is 0 Å². The molecular weight excluding hydrogens is 388 g/mol. The quantitative estimate of drug-likeness (QED) is 0.477. The minimum Gasteiger partial charge on any atom is -0.422 e. The molecule has 0 fully saturated rings. The van der Waals surface area contributed by atoms with E-state index in [1.54, 1.807) is 19.1 Å². The Hall–Kier alpha value is -2.31. The SMILES string of the molecule is Cc1c(OS(=O)(=O)c2ccc(Cl)cc2)ccc2c3c(c(=O)oc12)CCCC3. The summed E-state index contributed by atoms with van der Waals surface area (Å²) in [4.78, 5) is 12.3. The lowest BCUT2D eigenvalue weighted by atomic mass is 9.90. The van der Waals surface area contributed by atoms with Crippen molar-refractivity contribution in [2.45, 2.75) is 37.5 Å². The molecule has 0 saturated carbocycles. The molecule has 1 aliphatic rings. The van der Waals surface area contributed by atoms with Gasteiger partial charge >= 0.3 is 15.7 Å². The van der Waals surface area contributed by atoms with Gasteiger partial charge in [-0.2, -0.15) is 8.42 Å². The van der Waals surface area contributed by atoms with Crippen molar-refractivity contribution >= 4 is 32.7 Å². The summed E-state index contributed by atoms with van der Waals surface area (Å²) in [6.07, 6.45) is 3.53. The van der Waals surface area contributed by atoms with Gasteiger partial charge < -0.3 is 8.60 Å². The van der Waals surface area contributed by atoms with Gasteiger partial charge in [0.05, 0.1) is 0 Å². The lowest BCUT2D eigenvalue weighted by Gasteiger charge is -2.17. The normalized spacial score (nSPS) is 14.1. The van der Waals surface area contributed by atoms with Gasteiger partial charge in [-0.1, -0.05) is 11.6 Å². The number of hydrogen-bond donors (Lipinski definition) is 0. The van der Waals surface area contributed by atoms with E-state index in [1.165, 1.54) is 24.3 Å². The van der Waals surface area contributed by atoms with Crippen LogP contribution in [0.2, 0.25) is 5.02 Å². The minimum atomic E-state index is -4.03. The topological polar surface area (TPSA) is 73.6 Å². The van der Waals surface area contributed by atoms with Crippen molar-refractivity contribution in [3.63, 3.8) is 0 Å². The Morgan fingerprint density at radius 2 is 1.67 bits per heavy atom. The van der Waals surface area contributed by atoms with E-state index in [9.17, 15) is 13.2 Å². The van der Waals surface area contributed by atoms with Crippen LogP contribution in [0.1, 0.15) is 29.5 Å². The molecule has 0 bridgehead atoms. The lowest BCUT2D eigenvalue weighted by molar-refractivity contribution is 0.482. The molecule has 27 heavy (non-hydrogen) atoms. The first-order chi connectivity index (χ1) is 12.9. The van der Waals surface area contributed by atoms with E-state index in [1.807, 2.05) is 0 Å². The highest BCUT2D eigenvalue weighted by Gasteiger charge is 2.22. The van der Waals surface area contributed by atoms with Crippen LogP contribution in [-0.2, 0) is 23.0 Å². The summed E-state index contributed by atoms with van der Waals surface area (Å²) in [6, 6.07) is 9.10. The summed E-state index contributed by atoms with van der Waals surface area (Å²) >= 11 is 5.81. The molecular formula is C20H17ClO5S. The van der Waals surface area contributed by atoms with Crippen LogP contribution in [0.5, 0.6) is 5.75 Å². The molecule has 1 aliphatic carbocycles. The first kappa shape index (κ1) is 18.1. The van der Waals surface area contributed by atoms with E-state index < -0.39 is 10.1 Å². The first-order valence-corrected chi connectivity index (χ1v) is 10.4. The third-order valence-corrected chi connectivity index (χ3v) is 6.39. The number of rotatable bonds is 3. The maximum absolute atomic E-state index is 12.5. The lowest BCUT2D eigenvalue weighted by Crippen LogP contribution is -2.16. The Morgan fingerprint density at radius 3 is 2.37 bits per heavy atom. The van der Waals surface area contributed by atoms with Crippen LogP contribution in [0.3, 0.4) is 0 Å². The number of halogens is 1. The summed E-state index contributed by atoms with van der Waals surface area (Å²) in [7, 11) is -4.03. The predicted molar refractivity (Wildman–Crippen MR) is 103 cm³/mol. The van der Waals surface area contributed by atoms with Gasteiger partial charge in [0, 0.05) is 21.5 Å². The van der Waals surface area contributed by atoms with E-state index >= 15 is 0 Å². The van der Waals surface area contributed by atoms with E-state index in [0.717, 1.165) is 42.2 Å². The molecule has 3 aromatic rings. The Balaban J connectivity index is 1.80. The van der Waals surface area contributed by atoms with Crippen molar-refractivity contribution in [1.82, 2.24) is 0 Å². The van der Waals surface area contributed by atoms with Crippen LogP contribution in [0.25, 0.3) is 11.0 Å². The molecule has 0 saturated heterocycles. The molecule has 4 rings (SSSR count). The zero-order valence-corrected chi connectivity index (χ0v) is 16.2. The Morgan fingerprint density at radius 1 is 1.00 bits per heavy atom. The Kier molecular flexibility index (Phi) is 4.48. The molecule has 5 nitrogen and oxygen atoms in total. The Bertz CT molecular complexity index is 1190. The van der Waals surface area contributed by atoms with Crippen molar-refractivity contribution in [3.05, 3.63) is 68.5 Å². The first-order valence-electron chi connectivity index (χ1n) is 8.65. The fraction of sp³-hybridized carbons (Fsp3) is 0.250. The molecule has 1 heterocycles. The van der Waals surface area contributed by atoms with Crippen LogP contribution in [0.4, 0.5) is 0 Å². The fourth-order valence-electron chi connectivity index (χ4n) is 3.48.